The maximum atomic E-state index is 12.5. The van der Waals surface area contributed by atoms with Crippen LogP contribution in [0.25, 0.3) is 11.3 Å². The molecule has 8 heteroatoms. The maximum absolute atomic E-state index is 12.5. The average molecular weight is 509 g/mol. The fourth-order valence-electron chi connectivity index (χ4n) is 3.90. The average Bonchev–Trinajstić information content (AvgIpc) is 3.32. The second kappa shape index (κ2) is 10.8. The molecule has 0 bridgehead atoms. The molecule has 0 saturated carbocycles. The molecule has 1 aliphatic heterocycles. The highest BCUT2D eigenvalue weighted by atomic mass is 32.2. The van der Waals surface area contributed by atoms with Crippen molar-refractivity contribution in [2.24, 2.45) is 5.41 Å². The third-order valence-corrected chi connectivity index (χ3v) is 7.90. The molecule has 0 aliphatic carbocycles. The monoisotopic (exact) mass is 508 g/mol. The standard InChI is InChI=1S/C27H32N4O2S2/c1-19-5-7-20(8-6-19)23-17-34-26(29-23)35-18-24(32)28-21-9-11-22(12-10-21)30-13-15-31(16-14-30)25(33)27(2,3)4/h5-12,17H,13-16,18H2,1-4H3,(H,28,32). The Kier molecular flexibility index (Phi) is 7.82. The van der Waals surface area contributed by atoms with Crippen LogP contribution in [-0.4, -0.2) is 53.6 Å². The molecular formula is C27H32N4O2S2. The highest BCUT2D eigenvalue weighted by molar-refractivity contribution is 8.01. The first kappa shape index (κ1) is 25.3. The molecule has 4 rings (SSSR count). The number of anilines is 2. The molecule has 184 valence electrons. The number of hydrogen-bond donors (Lipinski definition) is 1. The number of carbonyl (C=O) groups excluding carboxylic acids is 2. The molecule has 1 fully saturated rings. The second-order valence-electron chi connectivity index (χ2n) is 9.78. The van der Waals surface area contributed by atoms with E-state index < -0.39 is 0 Å². The summed E-state index contributed by atoms with van der Waals surface area (Å²) in [5.41, 5.74) is 4.79. The Morgan fingerprint density at radius 3 is 2.29 bits per heavy atom. The van der Waals surface area contributed by atoms with Crippen molar-refractivity contribution in [3.05, 3.63) is 59.5 Å². The van der Waals surface area contributed by atoms with E-state index in [9.17, 15) is 9.59 Å². The molecular weight excluding hydrogens is 476 g/mol. The summed E-state index contributed by atoms with van der Waals surface area (Å²) in [7, 11) is 0. The van der Waals surface area contributed by atoms with Gasteiger partial charge in [0, 0.05) is 53.9 Å². The largest absolute Gasteiger partial charge is 0.368 e. The van der Waals surface area contributed by atoms with Gasteiger partial charge in [0.05, 0.1) is 11.4 Å². The third kappa shape index (κ3) is 6.64. The predicted molar refractivity (Wildman–Crippen MR) is 146 cm³/mol. The smallest absolute Gasteiger partial charge is 0.234 e. The van der Waals surface area contributed by atoms with Crippen LogP contribution in [0.2, 0.25) is 0 Å². The van der Waals surface area contributed by atoms with E-state index in [0.29, 0.717) is 5.75 Å². The molecule has 6 nitrogen and oxygen atoms in total. The summed E-state index contributed by atoms with van der Waals surface area (Å²) < 4.78 is 0.884. The number of nitrogens with one attached hydrogen (secondary N) is 1. The second-order valence-corrected chi connectivity index (χ2v) is 11.9. The highest BCUT2D eigenvalue weighted by Gasteiger charge is 2.29. The van der Waals surface area contributed by atoms with E-state index in [0.717, 1.165) is 53.2 Å². The lowest BCUT2D eigenvalue weighted by molar-refractivity contribution is -0.139. The van der Waals surface area contributed by atoms with Crippen LogP contribution in [0.15, 0.2) is 58.3 Å². The number of aromatic nitrogens is 1. The molecule has 1 aromatic heterocycles. The fraction of sp³-hybridized carbons (Fsp3) is 0.370. The van der Waals surface area contributed by atoms with Gasteiger partial charge in [0.1, 0.15) is 0 Å². The van der Waals surface area contributed by atoms with Gasteiger partial charge in [0.25, 0.3) is 0 Å². The first-order valence-electron chi connectivity index (χ1n) is 11.8. The number of nitrogens with zero attached hydrogens (tertiary/aromatic N) is 3. The Balaban J connectivity index is 1.24. The Bertz CT molecular complexity index is 1160. The third-order valence-electron chi connectivity index (χ3n) is 5.88. The Morgan fingerprint density at radius 2 is 1.66 bits per heavy atom. The maximum Gasteiger partial charge on any atom is 0.234 e. The van der Waals surface area contributed by atoms with Crippen molar-refractivity contribution >= 4 is 46.3 Å². The van der Waals surface area contributed by atoms with Crippen LogP contribution >= 0.6 is 23.1 Å². The van der Waals surface area contributed by atoms with Crippen LogP contribution in [0.4, 0.5) is 11.4 Å². The first-order chi connectivity index (χ1) is 16.7. The van der Waals surface area contributed by atoms with Crippen molar-refractivity contribution in [3.8, 4) is 11.3 Å². The number of aryl methyl sites for hydroxylation is 1. The van der Waals surface area contributed by atoms with E-state index in [2.05, 4.69) is 46.4 Å². The van der Waals surface area contributed by atoms with Crippen molar-refractivity contribution < 1.29 is 9.59 Å². The molecule has 1 saturated heterocycles. The molecule has 2 amide bonds. The lowest BCUT2D eigenvalue weighted by atomic mass is 9.94. The van der Waals surface area contributed by atoms with Gasteiger partial charge in [-0.3, -0.25) is 9.59 Å². The van der Waals surface area contributed by atoms with Crippen molar-refractivity contribution in [1.82, 2.24) is 9.88 Å². The molecule has 2 aromatic carbocycles. The predicted octanol–water partition coefficient (Wildman–Crippen LogP) is 5.54. The molecule has 2 heterocycles. The van der Waals surface area contributed by atoms with Crippen molar-refractivity contribution in [2.75, 3.05) is 42.1 Å². The van der Waals surface area contributed by atoms with Gasteiger partial charge in [-0.1, -0.05) is 62.4 Å². The number of rotatable bonds is 6. The summed E-state index contributed by atoms with van der Waals surface area (Å²) in [4.78, 5) is 33.8. The lowest BCUT2D eigenvalue weighted by Crippen LogP contribution is -2.51. The van der Waals surface area contributed by atoms with Crippen molar-refractivity contribution in [2.45, 2.75) is 32.0 Å². The molecule has 0 unspecified atom stereocenters. The zero-order valence-corrected chi connectivity index (χ0v) is 22.3. The first-order valence-corrected chi connectivity index (χ1v) is 13.7. The number of thiazole rings is 1. The molecule has 1 N–H and O–H groups in total. The summed E-state index contributed by atoms with van der Waals surface area (Å²) >= 11 is 3.01. The van der Waals surface area contributed by atoms with Gasteiger partial charge in [0.2, 0.25) is 11.8 Å². The van der Waals surface area contributed by atoms with Gasteiger partial charge in [-0.25, -0.2) is 4.98 Å². The van der Waals surface area contributed by atoms with Crippen molar-refractivity contribution in [3.63, 3.8) is 0 Å². The normalized spacial score (nSPS) is 14.2. The molecule has 3 aromatic rings. The van der Waals surface area contributed by atoms with Gasteiger partial charge in [-0.2, -0.15) is 0 Å². The number of carbonyl (C=O) groups is 2. The van der Waals surface area contributed by atoms with Crippen LogP contribution in [0.5, 0.6) is 0 Å². The summed E-state index contributed by atoms with van der Waals surface area (Å²) in [6.45, 7) is 11.0. The van der Waals surface area contributed by atoms with Crippen LogP contribution in [0, 0.1) is 12.3 Å². The molecule has 0 atom stereocenters. The number of hydrogen-bond acceptors (Lipinski definition) is 6. The number of piperazine rings is 1. The van der Waals surface area contributed by atoms with E-state index >= 15 is 0 Å². The summed E-state index contributed by atoms with van der Waals surface area (Å²) in [5, 5.41) is 5.00. The van der Waals surface area contributed by atoms with Crippen LogP contribution in [-0.2, 0) is 9.59 Å². The zero-order valence-electron chi connectivity index (χ0n) is 20.7. The summed E-state index contributed by atoms with van der Waals surface area (Å²) in [5.74, 6) is 0.466. The van der Waals surface area contributed by atoms with Gasteiger partial charge >= 0.3 is 0 Å². The minimum absolute atomic E-state index is 0.0517. The summed E-state index contributed by atoms with van der Waals surface area (Å²) in [6.07, 6.45) is 0. The molecule has 0 radical (unpaired) electrons. The Morgan fingerprint density at radius 1 is 1.00 bits per heavy atom. The van der Waals surface area contributed by atoms with Crippen molar-refractivity contribution in [1.29, 1.82) is 0 Å². The molecule has 1 aliphatic rings. The number of amides is 2. The van der Waals surface area contributed by atoms with Crippen LogP contribution in [0.1, 0.15) is 26.3 Å². The minimum atomic E-state index is -0.344. The van der Waals surface area contributed by atoms with Crippen LogP contribution < -0.4 is 10.2 Å². The number of benzene rings is 2. The summed E-state index contributed by atoms with van der Waals surface area (Å²) in [6, 6.07) is 16.2. The van der Waals surface area contributed by atoms with E-state index in [1.54, 1.807) is 11.3 Å². The Labute approximate surface area is 215 Å². The quantitative estimate of drug-likeness (QED) is 0.443. The number of thioether (sulfide) groups is 1. The fourth-order valence-corrected chi connectivity index (χ4v) is 5.54. The molecule has 0 spiro atoms. The van der Waals surface area contributed by atoms with E-state index in [1.807, 2.05) is 55.3 Å². The zero-order chi connectivity index (χ0) is 25.0. The van der Waals surface area contributed by atoms with E-state index in [4.69, 9.17) is 0 Å². The van der Waals surface area contributed by atoms with Gasteiger partial charge < -0.3 is 15.1 Å². The molecule has 35 heavy (non-hydrogen) atoms. The van der Waals surface area contributed by atoms with E-state index in [-0.39, 0.29) is 17.2 Å². The van der Waals surface area contributed by atoms with Gasteiger partial charge in [-0.05, 0) is 31.2 Å². The van der Waals surface area contributed by atoms with E-state index in [1.165, 1.54) is 17.3 Å². The minimum Gasteiger partial charge on any atom is -0.368 e. The highest BCUT2D eigenvalue weighted by Crippen LogP contribution is 2.29. The van der Waals surface area contributed by atoms with Crippen LogP contribution in [0.3, 0.4) is 0 Å². The topological polar surface area (TPSA) is 65.5 Å². The lowest BCUT2D eigenvalue weighted by Gasteiger charge is -2.38. The van der Waals surface area contributed by atoms with Gasteiger partial charge in [0.15, 0.2) is 4.34 Å². The van der Waals surface area contributed by atoms with Gasteiger partial charge in [-0.15, -0.1) is 11.3 Å². The Hall–Kier alpha value is -2.84. The SMILES string of the molecule is Cc1ccc(-c2csc(SCC(=O)Nc3ccc(N4CCN(C(=O)C(C)(C)C)CC4)cc3)n2)cc1.